The van der Waals surface area contributed by atoms with Crippen LogP contribution in [0.25, 0.3) is 0 Å². The zero-order chi connectivity index (χ0) is 9.19. The standard InChI is InChI=1S/C9H19NO2/c1-7(2)8-4-12-6-9(8,5-10)11-3/h7-8H,4-6,10H2,1-3H3. The van der Waals surface area contributed by atoms with Gasteiger partial charge in [-0.3, -0.25) is 0 Å². The normalized spacial score (nSPS) is 36.2. The van der Waals surface area contributed by atoms with E-state index in [1.807, 2.05) is 0 Å². The van der Waals surface area contributed by atoms with Crippen LogP contribution in [-0.4, -0.2) is 32.5 Å². The number of hydrogen-bond acceptors (Lipinski definition) is 3. The van der Waals surface area contributed by atoms with Crippen LogP contribution in [0, 0.1) is 11.8 Å². The van der Waals surface area contributed by atoms with Gasteiger partial charge in [-0.15, -0.1) is 0 Å². The Morgan fingerprint density at radius 2 is 2.33 bits per heavy atom. The zero-order valence-electron chi connectivity index (χ0n) is 8.17. The molecule has 3 nitrogen and oxygen atoms in total. The number of rotatable bonds is 3. The van der Waals surface area contributed by atoms with Gasteiger partial charge >= 0.3 is 0 Å². The molecule has 3 heteroatoms. The lowest BCUT2D eigenvalue weighted by molar-refractivity contribution is -0.0435. The minimum atomic E-state index is -0.228. The van der Waals surface area contributed by atoms with Crippen molar-refractivity contribution in [2.75, 3.05) is 26.9 Å². The van der Waals surface area contributed by atoms with Crippen molar-refractivity contribution in [2.24, 2.45) is 17.6 Å². The predicted molar refractivity (Wildman–Crippen MR) is 47.9 cm³/mol. The van der Waals surface area contributed by atoms with Crippen LogP contribution in [0.4, 0.5) is 0 Å². The second-order valence-electron chi connectivity index (χ2n) is 3.84. The van der Waals surface area contributed by atoms with Crippen molar-refractivity contribution in [1.29, 1.82) is 0 Å². The molecule has 1 heterocycles. The summed E-state index contributed by atoms with van der Waals surface area (Å²) in [5.74, 6) is 1.00. The average molecular weight is 173 g/mol. The van der Waals surface area contributed by atoms with Crippen molar-refractivity contribution in [3.05, 3.63) is 0 Å². The van der Waals surface area contributed by atoms with E-state index in [-0.39, 0.29) is 5.60 Å². The Morgan fingerprint density at radius 1 is 1.67 bits per heavy atom. The quantitative estimate of drug-likeness (QED) is 0.681. The Morgan fingerprint density at radius 3 is 2.67 bits per heavy atom. The molecule has 1 fully saturated rings. The number of ether oxygens (including phenoxy) is 2. The highest BCUT2D eigenvalue weighted by atomic mass is 16.6. The molecule has 0 aromatic rings. The summed E-state index contributed by atoms with van der Waals surface area (Å²) in [4.78, 5) is 0. The summed E-state index contributed by atoms with van der Waals surface area (Å²) < 4.78 is 10.9. The van der Waals surface area contributed by atoms with E-state index in [1.54, 1.807) is 7.11 Å². The van der Waals surface area contributed by atoms with Crippen molar-refractivity contribution in [3.63, 3.8) is 0 Å². The summed E-state index contributed by atoms with van der Waals surface area (Å²) in [7, 11) is 1.72. The van der Waals surface area contributed by atoms with Gasteiger partial charge in [0.1, 0.15) is 5.60 Å². The van der Waals surface area contributed by atoms with E-state index < -0.39 is 0 Å². The molecule has 0 aliphatic carbocycles. The second-order valence-corrected chi connectivity index (χ2v) is 3.84. The fourth-order valence-corrected chi connectivity index (χ4v) is 1.92. The van der Waals surface area contributed by atoms with Gasteiger partial charge in [0, 0.05) is 19.6 Å². The molecule has 2 N–H and O–H groups in total. The highest BCUT2D eigenvalue weighted by Crippen LogP contribution is 2.33. The van der Waals surface area contributed by atoms with Crippen molar-refractivity contribution in [1.82, 2.24) is 0 Å². The fourth-order valence-electron chi connectivity index (χ4n) is 1.92. The van der Waals surface area contributed by atoms with Gasteiger partial charge in [0.2, 0.25) is 0 Å². The molecule has 72 valence electrons. The molecule has 1 rings (SSSR count). The Balaban J connectivity index is 2.72. The predicted octanol–water partition coefficient (Wildman–Crippen LogP) is 0.633. The van der Waals surface area contributed by atoms with Crippen LogP contribution in [0.15, 0.2) is 0 Å². The van der Waals surface area contributed by atoms with E-state index >= 15 is 0 Å². The first-order chi connectivity index (χ1) is 5.66. The minimum absolute atomic E-state index is 0.228. The lowest BCUT2D eigenvalue weighted by Gasteiger charge is -2.33. The second kappa shape index (κ2) is 3.73. The van der Waals surface area contributed by atoms with Gasteiger partial charge in [-0.05, 0) is 5.92 Å². The molecule has 1 saturated heterocycles. The summed E-state index contributed by atoms with van der Waals surface area (Å²) in [6, 6.07) is 0. The van der Waals surface area contributed by atoms with Gasteiger partial charge in [0.15, 0.2) is 0 Å². The van der Waals surface area contributed by atoms with Gasteiger partial charge in [0.25, 0.3) is 0 Å². The molecule has 2 atom stereocenters. The summed E-state index contributed by atoms with van der Waals surface area (Å²) >= 11 is 0. The summed E-state index contributed by atoms with van der Waals surface area (Å²) in [6.07, 6.45) is 0. The van der Waals surface area contributed by atoms with Gasteiger partial charge in [-0.25, -0.2) is 0 Å². The molecule has 0 aromatic heterocycles. The Hall–Kier alpha value is -0.120. The van der Waals surface area contributed by atoms with E-state index in [0.29, 0.717) is 25.0 Å². The fraction of sp³-hybridized carbons (Fsp3) is 1.00. The first-order valence-corrected chi connectivity index (χ1v) is 4.49. The molecule has 0 radical (unpaired) electrons. The van der Waals surface area contributed by atoms with Crippen molar-refractivity contribution in [3.8, 4) is 0 Å². The first-order valence-electron chi connectivity index (χ1n) is 4.49. The third-order valence-electron chi connectivity index (χ3n) is 2.88. The van der Waals surface area contributed by atoms with Gasteiger partial charge in [0.05, 0.1) is 13.2 Å². The van der Waals surface area contributed by atoms with Crippen LogP contribution in [-0.2, 0) is 9.47 Å². The van der Waals surface area contributed by atoms with Crippen LogP contribution in [0.5, 0.6) is 0 Å². The van der Waals surface area contributed by atoms with E-state index in [4.69, 9.17) is 15.2 Å². The Kier molecular flexibility index (Phi) is 3.09. The average Bonchev–Trinajstić information content (AvgIpc) is 2.48. The summed E-state index contributed by atoms with van der Waals surface area (Å²) in [6.45, 7) is 6.34. The van der Waals surface area contributed by atoms with E-state index in [9.17, 15) is 0 Å². The zero-order valence-corrected chi connectivity index (χ0v) is 8.17. The molecule has 0 spiro atoms. The van der Waals surface area contributed by atoms with Crippen LogP contribution >= 0.6 is 0 Å². The molecule has 0 amide bonds. The number of nitrogens with two attached hydrogens (primary N) is 1. The highest BCUT2D eigenvalue weighted by molar-refractivity contribution is 4.94. The number of hydrogen-bond donors (Lipinski definition) is 1. The first kappa shape index (κ1) is 9.96. The third-order valence-corrected chi connectivity index (χ3v) is 2.88. The molecule has 0 saturated carbocycles. The monoisotopic (exact) mass is 173 g/mol. The van der Waals surface area contributed by atoms with Gasteiger partial charge in [-0.1, -0.05) is 13.8 Å². The molecule has 12 heavy (non-hydrogen) atoms. The maximum absolute atomic E-state index is 5.70. The molecular weight excluding hydrogens is 154 g/mol. The molecular formula is C9H19NO2. The highest BCUT2D eigenvalue weighted by Gasteiger charge is 2.44. The molecule has 2 unspecified atom stereocenters. The van der Waals surface area contributed by atoms with E-state index in [1.165, 1.54) is 0 Å². The topological polar surface area (TPSA) is 44.5 Å². The maximum atomic E-state index is 5.70. The summed E-state index contributed by atoms with van der Waals surface area (Å²) in [5, 5.41) is 0. The lowest BCUT2D eigenvalue weighted by atomic mass is 9.82. The molecule has 0 bridgehead atoms. The SMILES string of the molecule is COC1(CN)COCC1C(C)C. The number of methoxy groups -OCH3 is 1. The maximum Gasteiger partial charge on any atom is 0.108 e. The van der Waals surface area contributed by atoms with Gasteiger partial charge in [-0.2, -0.15) is 0 Å². The lowest BCUT2D eigenvalue weighted by Crippen LogP contribution is -2.48. The van der Waals surface area contributed by atoms with Crippen molar-refractivity contribution >= 4 is 0 Å². The largest absolute Gasteiger partial charge is 0.378 e. The van der Waals surface area contributed by atoms with E-state index in [0.717, 1.165) is 6.61 Å². The molecule has 0 aromatic carbocycles. The van der Waals surface area contributed by atoms with E-state index in [2.05, 4.69) is 13.8 Å². The Bertz CT molecular complexity index is 143. The smallest absolute Gasteiger partial charge is 0.108 e. The van der Waals surface area contributed by atoms with Crippen LogP contribution in [0.2, 0.25) is 0 Å². The van der Waals surface area contributed by atoms with Crippen LogP contribution in [0.1, 0.15) is 13.8 Å². The minimum Gasteiger partial charge on any atom is -0.378 e. The van der Waals surface area contributed by atoms with Crippen LogP contribution < -0.4 is 5.73 Å². The molecule has 1 aliphatic rings. The van der Waals surface area contributed by atoms with Crippen molar-refractivity contribution in [2.45, 2.75) is 19.4 Å². The molecule has 1 aliphatic heterocycles. The van der Waals surface area contributed by atoms with Gasteiger partial charge < -0.3 is 15.2 Å². The summed E-state index contributed by atoms with van der Waals surface area (Å²) in [5.41, 5.74) is 5.47. The third kappa shape index (κ3) is 1.49. The van der Waals surface area contributed by atoms with Crippen LogP contribution in [0.3, 0.4) is 0 Å². The van der Waals surface area contributed by atoms with Crippen molar-refractivity contribution < 1.29 is 9.47 Å². The Labute approximate surface area is 74.2 Å².